The van der Waals surface area contributed by atoms with Gasteiger partial charge in [-0.3, -0.25) is 4.79 Å². The van der Waals surface area contributed by atoms with Crippen LogP contribution in [0.2, 0.25) is 0 Å². The van der Waals surface area contributed by atoms with E-state index >= 15 is 0 Å². The highest BCUT2D eigenvalue weighted by atomic mass is 32.2. The smallest absolute Gasteiger partial charge is 0.219 e. The van der Waals surface area contributed by atoms with Crippen molar-refractivity contribution in [3.05, 3.63) is 0 Å². The second-order valence-corrected chi connectivity index (χ2v) is 4.59. The van der Waals surface area contributed by atoms with E-state index in [4.69, 9.17) is 0 Å². The minimum atomic E-state index is -4.14. The molecule has 0 heterocycles. The normalized spacial score (nSPS) is 11.3. The second kappa shape index (κ2) is 6.78. The van der Waals surface area contributed by atoms with Crippen LogP contribution in [0.1, 0.15) is 32.6 Å². The fraction of sp³-hybridized carbons (Fsp3) is 0.875. The van der Waals surface area contributed by atoms with Crippen molar-refractivity contribution in [1.29, 1.82) is 0 Å². The predicted molar refractivity (Wildman–Crippen MR) is 51.7 cm³/mol. The Morgan fingerprint density at radius 3 is 2.50 bits per heavy atom. The largest absolute Gasteiger partial charge is 0.748 e. The lowest BCUT2D eigenvalue weighted by molar-refractivity contribution is -0.121. The minimum absolute atomic E-state index is 0.0878. The number of hydrogen-bond acceptors (Lipinski definition) is 4. The van der Waals surface area contributed by atoms with Crippen LogP contribution in [0.25, 0.3) is 0 Å². The molecule has 0 saturated carbocycles. The van der Waals surface area contributed by atoms with E-state index < -0.39 is 15.9 Å². The molecule has 0 aliphatic rings. The molecular weight excluding hydrogens is 206 g/mol. The topological polar surface area (TPSA) is 86.3 Å². The molecule has 0 rings (SSSR count). The van der Waals surface area contributed by atoms with Crippen LogP contribution in [0.3, 0.4) is 0 Å². The Hall–Kier alpha value is -0.620. The maximum Gasteiger partial charge on any atom is 0.219 e. The maximum absolute atomic E-state index is 11.0. The highest BCUT2D eigenvalue weighted by Gasteiger charge is 2.00. The number of unbranched alkanes of at least 4 members (excludes halogenated alkanes) is 1. The van der Waals surface area contributed by atoms with Gasteiger partial charge < -0.3 is 9.87 Å². The van der Waals surface area contributed by atoms with Crippen molar-refractivity contribution in [1.82, 2.24) is 5.32 Å². The van der Waals surface area contributed by atoms with Crippen molar-refractivity contribution in [3.8, 4) is 0 Å². The van der Waals surface area contributed by atoms with Gasteiger partial charge in [0.05, 0.1) is 10.1 Å². The average Bonchev–Trinajstić information content (AvgIpc) is 2.07. The van der Waals surface area contributed by atoms with Gasteiger partial charge in [0.25, 0.3) is 0 Å². The third-order valence-corrected chi connectivity index (χ3v) is 2.44. The Morgan fingerprint density at radius 1 is 1.36 bits per heavy atom. The monoisotopic (exact) mass is 222 g/mol. The molecule has 0 bridgehead atoms. The van der Waals surface area contributed by atoms with Gasteiger partial charge in [0.15, 0.2) is 0 Å². The van der Waals surface area contributed by atoms with Gasteiger partial charge in [-0.05, 0) is 12.8 Å². The van der Waals surface area contributed by atoms with Crippen LogP contribution in [0.5, 0.6) is 0 Å². The molecule has 84 valence electrons. The second-order valence-electron chi connectivity index (χ2n) is 3.07. The van der Waals surface area contributed by atoms with E-state index in [1.807, 2.05) is 6.92 Å². The first kappa shape index (κ1) is 13.4. The van der Waals surface area contributed by atoms with Crippen LogP contribution in [0.4, 0.5) is 0 Å². The predicted octanol–water partition coefficient (Wildman–Crippen LogP) is 0.228. The molecule has 0 radical (unpaired) electrons. The quantitative estimate of drug-likeness (QED) is 0.493. The molecule has 0 aliphatic carbocycles. The average molecular weight is 222 g/mol. The molecular formula is C8H16NO4S-. The maximum atomic E-state index is 11.0. The Bertz CT molecular complexity index is 261. The van der Waals surface area contributed by atoms with Gasteiger partial charge in [0.1, 0.15) is 0 Å². The summed E-state index contributed by atoms with van der Waals surface area (Å²) in [6.07, 6.45) is 2.42. The lowest BCUT2D eigenvalue weighted by Crippen LogP contribution is -2.25. The molecule has 6 heteroatoms. The number of carbonyl (C=O) groups excluding carboxylic acids is 1. The van der Waals surface area contributed by atoms with Gasteiger partial charge in [-0.2, -0.15) is 0 Å². The molecule has 0 fully saturated rings. The summed E-state index contributed by atoms with van der Waals surface area (Å²) in [5.41, 5.74) is 0. The first-order valence-corrected chi connectivity index (χ1v) is 6.23. The van der Waals surface area contributed by atoms with E-state index in [1.54, 1.807) is 0 Å². The third-order valence-electron chi connectivity index (χ3n) is 1.65. The van der Waals surface area contributed by atoms with Crippen LogP contribution in [-0.4, -0.2) is 31.2 Å². The van der Waals surface area contributed by atoms with E-state index in [9.17, 15) is 17.8 Å². The highest BCUT2D eigenvalue weighted by molar-refractivity contribution is 7.85. The first-order valence-electron chi connectivity index (χ1n) is 4.66. The molecule has 0 saturated heterocycles. The van der Waals surface area contributed by atoms with Gasteiger partial charge in [-0.1, -0.05) is 13.3 Å². The van der Waals surface area contributed by atoms with E-state index in [1.165, 1.54) is 0 Å². The summed E-state index contributed by atoms with van der Waals surface area (Å²) in [5, 5.41) is 2.55. The van der Waals surface area contributed by atoms with Gasteiger partial charge >= 0.3 is 0 Å². The van der Waals surface area contributed by atoms with Crippen LogP contribution in [-0.2, 0) is 14.9 Å². The van der Waals surface area contributed by atoms with Crippen LogP contribution in [0.15, 0.2) is 0 Å². The molecule has 14 heavy (non-hydrogen) atoms. The summed E-state index contributed by atoms with van der Waals surface area (Å²) in [5.74, 6) is -0.503. The number of hydrogen-bond donors (Lipinski definition) is 1. The van der Waals surface area contributed by atoms with Crippen LogP contribution in [0, 0.1) is 0 Å². The molecule has 0 aromatic carbocycles. The Kier molecular flexibility index (Phi) is 6.48. The zero-order valence-corrected chi connectivity index (χ0v) is 9.10. The van der Waals surface area contributed by atoms with Crippen molar-refractivity contribution >= 4 is 16.0 Å². The first-order chi connectivity index (χ1) is 6.45. The molecule has 0 spiro atoms. The van der Waals surface area contributed by atoms with E-state index in [0.29, 0.717) is 6.42 Å². The van der Waals surface area contributed by atoms with E-state index in [2.05, 4.69) is 5.32 Å². The SMILES string of the molecule is CCCCC(=O)NCCCS(=O)(=O)[O-]. The minimum Gasteiger partial charge on any atom is -0.748 e. The highest BCUT2D eigenvalue weighted by Crippen LogP contribution is 1.93. The molecule has 1 N–H and O–H groups in total. The van der Waals surface area contributed by atoms with Gasteiger partial charge in [0.2, 0.25) is 5.91 Å². The number of amides is 1. The summed E-state index contributed by atoms with van der Waals surface area (Å²) >= 11 is 0. The van der Waals surface area contributed by atoms with Crippen molar-refractivity contribution in [2.24, 2.45) is 0 Å². The lowest BCUT2D eigenvalue weighted by atomic mass is 10.2. The molecule has 0 unspecified atom stereocenters. The summed E-state index contributed by atoms with van der Waals surface area (Å²) in [4.78, 5) is 11.0. The van der Waals surface area contributed by atoms with Crippen molar-refractivity contribution in [3.63, 3.8) is 0 Å². The van der Waals surface area contributed by atoms with E-state index in [-0.39, 0.29) is 18.9 Å². The Balaban J connectivity index is 3.41. The number of nitrogens with one attached hydrogen (secondary N) is 1. The summed E-state index contributed by atoms with van der Waals surface area (Å²) in [6.45, 7) is 2.24. The summed E-state index contributed by atoms with van der Waals surface area (Å²) in [7, 11) is -4.14. The zero-order chi connectivity index (χ0) is 11.0. The fourth-order valence-electron chi connectivity index (χ4n) is 0.902. The molecule has 5 nitrogen and oxygen atoms in total. The molecule has 1 amide bonds. The van der Waals surface area contributed by atoms with E-state index in [0.717, 1.165) is 12.8 Å². The molecule has 0 aliphatic heterocycles. The summed E-state index contributed by atoms with van der Waals surface area (Å²) in [6, 6.07) is 0. The molecule has 0 atom stereocenters. The van der Waals surface area contributed by atoms with Gasteiger partial charge in [-0.15, -0.1) is 0 Å². The Morgan fingerprint density at radius 2 is 2.00 bits per heavy atom. The lowest BCUT2D eigenvalue weighted by Gasteiger charge is -2.07. The summed E-state index contributed by atoms with van der Waals surface area (Å²) < 4.78 is 30.5. The van der Waals surface area contributed by atoms with Crippen molar-refractivity contribution < 1.29 is 17.8 Å². The number of rotatable bonds is 7. The van der Waals surface area contributed by atoms with Crippen molar-refractivity contribution in [2.75, 3.05) is 12.3 Å². The van der Waals surface area contributed by atoms with Gasteiger partial charge in [0, 0.05) is 18.7 Å². The number of carbonyl (C=O) groups is 1. The fourth-order valence-corrected chi connectivity index (χ4v) is 1.40. The van der Waals surface area contributed by atoms with Crippen LogP contribution >= 0.6 is 0 Å². The van der Waals surface area contributed by atoms with Crippen molar-refractivity contribution in [2.45, 2.75) is 32.6 Å². The zero-order valence-electron chi connectivity index (χ0n) is 8.28. The van der Waals surface area contributed by atoms with Gasteiger partial charge in [-0.25, -0.2) is 8.42 Å². The molecule has 0 aromatic rings. The Labute approximate surface area is 84.6 Å². The third kappa shape index (κ3) is 9.47. The standard InChI is InChI=1S/C8H17NO4S/c1-2-3-5-8(10)9-6-4-7-14(11,12)13/h2-7H2,1H3,(H,9,10)(H,11,12,13)/p-1. The molecule has 0 aromatic heterocycles. The van der Waals surface area contributed by atoms with Crippen LogP contribution < -0.4 is 5.32 Å².